The Balaban J connectivity index is 2.05. The van der Waals surface area contributed by atoms with Crippen LogP contribution in [0.5, 0.6) is 0 Å². The summed E-state index contributed by atoms with van der Waals surface area (Å²) < 4.78 is 0. The highest BCUT2D eigenvalue weighted by Crippen LogP contribution is 2.37. The Labute approximate surface area is 92.2 Å². The summed E-state index contributed by atoms with van der Waals surface area (Å²) in [5.41, 5.74) is 7.93. The zero-order chi connectivity index (χ0) is 11.1. The number of aromatic nitrogens is 2. The summed E-state index contributed by atoms with van der Waals surface area (Å²) in [6.45, 7) is 0. The van der Waals surface area contributed by atoms with Crippen LogP contribution < -0.4 is 11.3 Å². The van der Waals surface area contributed by atoms with Gasteiger partial charge in [0, 0.05) is 12.0 Å². The van der Waals surface area contributed by atoms with Gasteiger partial charge in [-0.25, -0.2) is 4.98 Å². The van der Waals surface area contributed by atoms with Crippen LogP contribution in [0.15, 0.2) is 35.1 Å². The molecule has 0 fully saturated rings. The number of nitrogens with two attached hydrogens (primary N) is 1. The van der Waals surface area contributed by atoms with Gasteiger partial charge in [0.2, 0.25) is 0 Å². The fraction of sp³-hybridized carbons (Fsp3) is 0.167. The second-order valence-corrected chi connectivity index (χ2v) is 4.01. The molecule has 0 aliphatic heterocycles. The molecule has 0 amide bonds. The molecule has 3 N–H and O–H groups in total. The highest BCUT2D eigenvalue weighted by molar-refractivity contribution is 5.44. The zero-order valence-corrected chi connectivity index (χ0v) is 8.60. The van der Waals surface area contributed by atoms with Gasteiger partial charge in [-0.05, 0) is 17.5 Å². The average molecular weight is 213 g/mol. The summed E-state index contributed by atoms with van der Waals surface area (Å²) in [6, 6.07) is 9.47. The molecule has 80 valence electrons. The van der Waals surface area contributed by atoms with E-state index < -0.39 is 0 Å². The summed E-state index contributed by atoms with van der Waals surface area (Å²) in [6.07, 6.45) is 0.919. The monoisotopic (exact) mass is 213 g/mol. The maximum Gasteiger partial charge on any atom is 0.252 e. The predicted octanol–water partition coefficient (Wildman–Crippen LogP) is 1.04. The molecule has 0 radical (unpaired) electrons. The second-order valence-electron chi connectivity index (χ2n) is 4.01. The summed E-state index contributed by atoms with van der Waals surface area (Å²) in [7, 11) is 0. The summed E-state index contributed by atoms with van der Waals surface area (Å²) in [4.78, 5) is 18.2. The predicted molar refractivity (Wildman–Crippen MR) is 61.3 cm³/mol. The van der Waals surface area contributed by atoms with Crippen LogP contribution in [0, 0.1) is 0 Å². The van der Waals surface area contributed by atoms with Crippen LogP contribution >= 0.6 is 0 Å². The van der Waals surface area contributed by atoms with Crippen molar-refractivity contribution < 1.29 is 0 Å². The Morgan fingerprint density at radius 2 is 2.19 bits per heavy atom. The van der Waals surface area contributed by atoms with Gasteiger partial charge in [0.15, 0.2) is 0 Å². The summed E-state index contributed by atoms with van der Waals surface area (Å²) in [5, 5.41) is 0. The minimum atomic E-state index is -0.188. The Morgan fingerprint density at radius 3 is 2.94 bits per heavy atom. The lowest BCUT2D eigenvalue weighted by Gasteiger charge is -2.29. The molecule has 2 aromatic rings. The number of nitrogens with zero attached hydrogens (tertiary/aromatic N) is 1. The molecule has 1 aliphatic carbocycles. The lowest BCUT2D eigenvalue weighted by atomic mass is 9.77. The summed E-state index contributed by atoms with van der Waals surface area (Å²) in [5.74, 6) is 1.14. The van der Waals surface area contributed by atoms with Crippen molar-refractivity contribution >= 4 is 5.82 Å². The van der Waals surface area contributed by atoms with Gasteiger partial charge >= 0.3 is 0 Å². The molecule has 1 aromatic heterocycles. The SMILES string of the molecule is Nc1cc(=O)[nH]c(C2Cc3ccccc32)n1. The van der Waals surface area contributed by atoms with E-state index in [1.165, 1.54) is 17.2 Å². The first kappa shape index (κ1) is 9.15. The van der Waals surface area contributed by atoms with Gasteiger partial charge in [0.25, 0.3) is 5.56 Å². The number of anilines is 1. The zero-order valence-electron chi connectivity index (χ0n) is 8.60. The van der Waals surface area contributed by atoms with Crippen molar-refractivity contribution in [3.05, 3.63) is 57.6 Å². The number of aromatic amines is 1. The van der Waals surface area contributed by atoms with Gasteiger partial charge in [0.1, 0.15) is 11.6 Å². The molecule has 4 nitrogen and oxygen atoms in total. The lowest BCUT2D eigenvalue weighted by molar-refractivity contribution is 0.657. The van der Waals surface area contributed by atoms with Crippen LogP contribution in [0.3, 0.4) is 0 Å². The molecule has 4 heteroatoms. The molecule has 1 aliphatic rings. The van der Waals surface area contributed by atoms with Crippen LogP contribution in [0.4, 0.5) is 5.82 Å². The lowest BCUT2D eigenvalue weighted by Crippen LogP contribution is -2.23. The molecular formula is C12H11N3O. The van der Waals surface area contributed by atoms with E-state index in [4.69, 9.17) is 5.73 Å². The first-order chi connectivity index (χ1) is 7.74. The largest absolute Gasteiger partial charge is 0.383 e. The number of nitrogens with one attached hydrogen (secondary N) is 1. The van der Waals surface area contributed by atoms with Crippen molar-refractivity contribution in [1.29, 1.82) is 0 Å². The van der Waals surface area contributed by atoms with Crippen LogP contribution in [0.25, 0.3) is 0 Å². The quantitative estimate of drug-likeness (QED) is 0.743. The number of H-pyrrole nitrogens is 1. The molecule has 1 unspecified atom stereocenters. The van der Waals surface area contributed by atoms with E-state index in [0.29, 0.717) is 5.82 Å². The molecule has 3 rings (SSSR count). The maximum absolute atomic E-state index is 11.3. The first-order valence-corrected chi connectivity index (χ1v) is 5.18. The normalized spacial score (nSPS) is 17.6. The number of hydrogen-bond acceptors (Lipinski definition) is 3. The number of nitrogen functional groups attached to an aromatic ring is 1. The highest BCUT2D eigenvalue weighted by Gasteiger charge is 2.28. The molecule has 1 aromatic carbocycles. The molecule has 1 atom stereocenters. The minimum Gasteiger partial charge on any atom is -0.383 e. The van der Waals surface area contributed by atoms with Gasteiger partial charge in [0.05, 0.1) is 0 Å². The topological polar surface area (TPSA) is 71.8 Å². The molecule has 16 heavy (non-hydrogen) atoms. The minimum absolute atomic E-state index is 0.187. The van der Waals surface area contributed by atoms with Gasteiger partial charge < -0.3 is 10.7 Å². The van der Waals surface area contributed by atoms with E-state index in [1.54, 1.807) is 0 Å². The van der Waals surface area contributed by atoms with E-state index in [1.807, 2.05) is 12.1 Å². The molecule has 0 spiro atoms. The third-order valence-corrected chi connectivity index (χ3v) is 2.96. The van der Waals surface area contributed by atoms with Crippen LogP contribution in [-0.2, 0) is 6.42 Å². The van der Waals surface area contributed by atoms with Crippen molar-refractivity contribution in [2.75, 3.05) is 5.73 Å². The number of benzene rings is 1. The number of fused-ring (bicyclic) bond motifs is 1. The van der Waals surface area contributed by atoms with E-state index in [-0.39, 0.29) is 17.3 Å². The fourth-order valence-corrected chi connectivity index (χ4v) is 2.16. The van der Waals surface area contributed by atoms with Crippen molar-refractivity contribution in [3.63, 3.8) is 0 Å². The van der Waals surface area contributed by atoms with Crippen LogP contribution in [0.2, 0.25) is 0 Å². The third-order valence-electron chi connectivity index (χ3n) is 2.96. The first-order valence-electron chi connectivity index (χ1n) is 5.18. The van der Waals surface area contributed by atoms with Crippen molar-refractivity contribution in [2.24, 2.45) is 0 Å². The Morgan fingerprint density at radius 1 is 1.38 bits per heavy atom. The Bertz CT molecular complexity index is 603. The molecule has 0 saturated heterocycles. The molecular weight excluding hydrogens is 202 g/mol. The van der Waals surface area contributed by atoms with E-state index in [9.17, 15) is 4.79 Å². The maximum atomic E-state index is 11.3. The smallest absolute Gasteiger partial charge is 0.252 e. The Kier molecular flexibility index (Phi) is 1.83. The third kappa shape index (κ3) is 1.31. The van der Waals surface area contributed by atoms with Gasteiger partial charge in [-0.1, -0.05) is 24.3 Å². The van der Waals surface area contributed by atoms with Crippen LogP contribution in [-0.4, -0.2) is 9.97 Å². The van der Waals surface area contributed by atoms with Crippen molar-refractivity contribution in [3.8, 4) is 0 Å². The number of hydrogen-bond donors (Lipinski definition) is 2. The molecule has 0 saturated carbocycles. The van der Waals surface area contributed by atoms with E-state index in [2.05, 4.69) is 22.1 Å². The van der Waals surface area contributed by atoms with Gasteiger partial charge in [-0.3, -0.25) is 4.79 Å². The van der Waals surface area contributed by atoms with Gasteiger partial charge in [-0.2, -0.15) is 0 Å². The average Bonchev–Trinajstić information content (AvgIpc) is 2.18. The number of rotatable bonds is 1. The molecule has 1 heterocycles. The van der Waals surface area contributed by atoms with Crippen molar-refractivity contribution in [1.82, 2.24) is 9.97 Å². The standard InChI is InChI=1S/C12H11N3O/c13-10-6-11(16)15-12(14-10)9-5-7-3-1-2-4-8(7)9/h1-4,6,9H,5H2,(H3,13,14,15,16). The molecule has 0 bridgehead atoms. The van der Waals surface area contributed by atoms with Gasteiger partial charge in [-0.15, -0.1) is 0 Å². The summed E-state index contributed by atoms with van der Waals surface area (Å²) >= 11 is 0. The van der Waals surface area contributed by atoms with Crippen LogP contribution in [0.1, 0.15) is 22.9 Å². The second kappa shape index (κ2) is 3.20. The van der Waals surface area contributed by atoms with E-state index >= 15 is 0 Å². The van der Waals surface area contributed by atoms with E-state index in [0.717, 1.165) is 6.42 Å². The van der Waals surface area contributed by atoms with Crippen molar-refractivity contribution in [2.45, 2.75) is 12.3 Å². The fourth-order valence-electron chi connectivity index (χ4n) is 2.16. The highest BCUT2D eigenvalue weighted by atomic mass is 16.1. The Hall–Kier alpha value is -2.10.